The summed E-state index contributed by atoms with van der Waals surface area (Å²) in [4.78, 5) is 21.0. The number of nitro groups is 1. The summed E-state index contributed by atoms with van der Waals surface area (Å²) < 4.78 is 96.3. The molecule has 0 fully saturated rings. The van der Waals surface area contributed by atoms with Crippen molar-refractivity contribution in [2.45, 2.75) is 18.0 Å². The van der Waals surface area contributed by atoms with Crippen molar-refractivity contribution in [3.05, 3.63) is 61.6 Å². The molecule has 0 aromatic heterocycles. The van der Waals surface area contributed by atoms with E-state index >= 15 is 0 Å². The number of hydrogen-bond donors (Lipinski definition) is 1. The number of ether oxygens (including phenoxy) is 1. The van der Waals surface area contributed by atoms with Crippen LogP contribution in [0.4, 0.5) is 36.4 Å². The highest BCUT2D eigenvalue weighted by atomic mass is 35.5. The number of aromatic carboxylic acids is 1. The van der Waals surface area contributed by atoms with E-state index in [-0.39, 0.29) is 12.1 Å². The van der Waals surface area contributed by atoms with Gasteiger partial charge in [-0.3, -0.25) is 10.1 Å². The Kier molecular flexibility index (Phi) is 6.34. The molecule has 0 saturated carbocycles. The number of alkyl halides is 7. The van der Waals surface area contributed by atoms with E-state index < -0.39 is 67.3 Å². The first-order chi connectivity index (χ1) is 14.0. The van der Waals surface area contributed by atoms with E-state index in [2.05, 4.69) is 0 Å². The van der Waals surface area contributed by atoms with Crippen LogP contribution in [0.2, 0.25) is 10.0 Å². The average Bonchev–Trinajstić information content (AvgIpc) is 2.62. The number of carboxylic acid groups (broad SMARTS) is 1. The molecule has 0 radical (unpaired) electrons. The van der Waals surface area contributed by atoms with Gasteiger partial charge in [0.2, 0.25) is 0 Å². The molecule has 0 amide bonds. The number of carbonyl (C=O) groups is 1. The molecule has 31 heavy (non-hydrogen) atoms. The normalized spacial score (nSPS) is 12.5. The Labute approximate surface area is 176 Å². The van der Waals surface area contributed by atoms with Crippen molar-refractivity contribution in [2.24, 2.45) is 0 Å². The molecule has 0 saturated heterocycles. The third kappa shape index (κ3) is 4.46. The van der Waals surface area contributed by atoms with E-state index in [9.17, 15) is 45.6 Å². The Morgan fingerprint density at radius 3 is 1.94 bits per heavy atom. The van der Waals surface area contributed by atoms with Crippen molar-refractivity contribution in [3.8, 4) is 11.5 Å². The molecular weight excluding hydrogens is 490 g/mol. The molecule has 1 N–H and O–H groups in total. The molecule has 0 aliphatic heterocycles. The molecule has 0 aliphatic rings. The van der Waals surface area contributed by atoms with Crippen LogP contribution < -0.4 is 4.74 Å². The van der Waals surface area contributed by atoms with Crippen molar-refractivity contribution >= 4 is 34.9 Å². The molecule has 6 nitrogen and oxygen atoms in total. The fraction of sp³-hybridized carbons (Fsp3) is 0.188. The first kappa shape index (κ1) is 24.5. The maximum Gasteiger partial charge on any atom is 0.460 e. The summed E-state index contributed by atoms with van der Waals surface area (Å²) in [6, 6.07) is 2.40. The topological polar surface area (TPSA) is 89.7 Å². The SMILES string of the molecule is O=C(O)c1cc(Oc2c(Cl)cc(C(F)(F)C(F)(F)C(F)(F)F)cc2Cl)ccc1[N+](=O)[O-]. The van der Waals surface area contributed by atoms with Crippen LogP contribution in [0.1, 0.15) is 15.9 Å². The van der Waals surface area contributed by atoms with Gasteiger partial charge in [-0.25, -0.2) is 4.79 Å². The quantitative estimate of drug-likeness (QED) is 0.274. The lowest BCUT2D eigenvalue weighted by molar-refractivity contribution is -0.385. The number of halogens is 9. The molecular formula is C16H6Cl2F7NO5. The summed E-state index contributed by atoms with van der Waals surface area (Å²) in [6.07, 6.45) is -6.59. The molecule has 168 valence electrons. The van der Waals surface area contributed by atoms with Gasteiger partial charge in [-0.2, -0.15) is 30.7 Å². The second kappa shape index (κ2) is 8.04. The summed E-state index contributed by atoms with van der Waals surface area (Å²) in [5.41, 5.74) is -3.52. The summed E-state index contributed by atoms with van der Waals surface area (Å²) in [6.45, 7) is 0. The second-order valence-corrected chi connectivity index (χ2v) is 6.57. The van der Waals surface area contributed by atoms with E-state index in [0.717, 1.165) is 12.1 Å². The van der Waals surface area contributed by atoms with Gasteiger partial charge >= 0.3 is 24.0 Å². The fourth-order valence-corrected chi connectivity index (χ4v) is 2.79. The summed E-state index contributed by atoms with van der Waals surface area (Å²) in [7, 11) is 0. The molecule has 15 heteroatoms. The molecule has 2 aromatic rings. The molecule has 2 rings (SSSR count). The van der Waals surface area contributed by atoms with Gasteiger partial charge in [-0.1, -0.05) is 23.2 Å². The lowest BCUT2D eigenvalue weighted by Gasteiger charge is -2.28. The zero-order valence-electron chi connectivity index (χ0n) is 14.3. The summed E-state index contributed by atoms with van der Waals surface area (Å²) in [5.74, 6) is -15.1. The molecule has 0 unspecified atom stereocenters. The highest BCUT2D eigenvalue weighted by Gasteiger charge is 2.73. The van der Waals surface area contributed by atoms with Crippen LogP contribution >= 0.6 is 23.2 Å². The van der Waals surface area contributed by atoms with Crippen LogP contribution in [0, 0.1) is 10.1 Å². The van der Waals surface area contributed by atoms with Gasteiger partial charge in [0.15, 0.2) is 5.75 Å². The largest absolute Gasteiger partial charge is 0.477 e. The Balaban J connectivity index is 2.50. The highest BCUT2D eigenvalue weighted by molar-refractivity contribution is 6.37. The molecule has 0 heterocycles. The van der Waals surface area contributed by atoms with Crippen molar-refractivity contribution in [2.75, 3.05) is 0 Å². The van der Waals surface area contributed by atoms with Gasteiger partial charge in [-0.15, -0.1) is 0 Å². The smallest absolute Gasteiger partial charge is 0.460 e. The molecule has 0 aliphatic carbocycles. The van der Waals surface area contributed by atoms with Gasteiger partial charge in [0.05, 0.1) is 15.0 Å². The summed E-state index contributed by atoms with van der Waals surface area (Å²) >= 11 is 11.3. The minimum absolute atomic E-state index is 0.0614. The molecule has 0 atom stereocenters. The second-order valence-electron chi connectivity index (χ2n) is 5.76. The van der Waals surface area contributed by atoms with Gasteiger partial charge < -0.3 is 9.84 Å². The third-order valence-electron chi connectivity index (χ3n) is 3.73. The van der Waals surface area contributed by atoms with Crippen LogP contribution in [0.25, 0.3) is 0 Å². The van der Waals surface area contributed by atoms with E-state index in [0.29, 0.717) is 6.07 Å². The Bertz CT molecular complexity index is 1040. The minimum atomic E-state index is -6.59. The van der Waals surface area contributed by atoms with Crippen LogP contribution in [0.15, 0.2) is 30.3 Å². The van der Waals surface area contributed by atoms with Gasteiger partial charge in [0, 0.05) is 17.7 Å². The summed E-state index contributed by atoms with van der Waals surface area (Å²) in [5, 5.41) is 18.0. The molecule has 2 aromatic carbocycles. The lowest BCUT2D eigenvalue weighted by Crippen LogP contribution is -2.50. The van der Waals surface area contributed by atoms with Crippen LogP contribution in [-0.4, -0.2) is 28.1 Å². The predicted molar refractivity (Wildman–Crippen MR) is 91.5 cm³/mol. The minimum Gasteiger partial charge on any atom is -0.477 e. The van der Waals surface area contributed by atoms with E-state index in [1.54, 1.807) is 0 Å². The fourth-order valence-electron chi connectivity index (χ4n) is 2.22. The molecule has 0 spiro atoms. The first-order valence-corrected chi connectivity index (χ1v) is 8.27. The van der Waals surface area contributed by atoms with Crippen molar-refractivity contribution in [1.82, 2.24) is 0 Å². The van der Waals surface area contributed by atoms with Gasteiger partial charge in [-0.05, 0) is 18.2 Å². The van der Waals surface area contributed by atoms with Gasteiger partial charge in [0.25, 0.3) is 5.69 Å². The highest BCUT2D eigenvalue weighted by Crippen LogP contribution is 2.53. The van der Waals surface area contributed by atoms with Gasteiger partial charge in [0.1, 0.15) is 11.3 Å². The zero-order chi connectivity index (χ0) is 23.9. The van der Waals surface area contributed by atoms with E-state index in [1.807, 2.05) is 0 Å². The number of benzene rings is 2. The Morgan fingerprint density at radius 1 is 1.00 bits per heavy atom. The van der Waals surface area contributed by atoms with Crippen LogP contribution in [0.5, 0.6) is 11.5 Å². The van der Waals surface area contributed by atoms with Crippen LogP contribution in [0.3, 0.4) is 0 Å². The number of rotatable bonds is 6. The van der Waals surface area contributed by atoms with Crippen LogP contribution in [-0.2, 0) is 5.92 Å². The average molecular weight is 496 g/mol. The predicted octanol–water partition coefficient (Wildman–Crippen LogP) is 6.68. The number of nitrogens with zero attached hydrogens (tertiary/aromatic N) is 1. The lowest BCUT2D eigenvalue weighted by atomic mass is 10.0. The Morgan fingerprint density at radius 2 is 1.52 bits per heavy atom. The maximum atomic E-state index is 13.9. The number of hydrogen-bond acceptors (Lipinski definition) is 4. The standard InChI is InChI=1S/C16H6Cl2F7NO5/c17-9-3-6(14(19,20)15(21,22)16(23,24)25)4-10(18)12(9)31-7-1-2-11(26(29)30)8(5-7)13(27)28/h1-5H,(H,27,28). The van der Waals surface area contributed by atoms with E-state index in [4.69, 9.17) is 33.0 Å². The van der Waals surface area contributed by atoms with Crippen molar-refractivity contribution in [1.29, 1.82) is 0 Å². The monoisotopic (exact) mass is 495 g/mol. The zero-order valence-corrected chi connectivity index (χ0v) is 15.8. The third-order valence-corrected chi connectivity index (χ3v) is 4.29. The van der Waals surface area contributed by atoms with E-state index in [1.165, 1.54) is 0 Å². The maximum absolute atomic E-state index is 13.9. The van der Waals surface area contributed by atoms with Crippen molar-refractivity contribution in [3.63, 3.8) is 0 Å². The Hall–Kier alpha value is -2.80. The first-order valence-electron chi connectivity index (χ1n) is 7.52. The molecule has 0 bridgehead atoms. The number of carboxylic acids is 1. The number of nitro benzene ring substituents is 1. The van der Waals surface area contributed by atoms with Crippen molar-refractivity contribution < 1.29 is 50.3 Å².